The normalized spacial score (nSPS) is 11.9. The third-order valence-corrected chi connectivity index (χ3v) is 3.41. The number of benzene rings is 1. The second-order valence-corrected chi connectivity index (χ2v) is 5.66. The summed E-state index contributed by atoms with van der Waals surface area (Å²) in [5.74, 6) is 2.35. The minimum absolute atomic E-state index is 0. The van der Waals surface area contributed by atoms with Crippen molar-refractivity contribution in [3.63, 3.8) is 0 Å². The van der Waals surface area contributed by atoms with Crippen molar-refractivity contribution >= 4 is 29.9 Å². The molecule has 0 spiro atoms. The summed E-state index contributed by atoms with van der Waals surface area (Å²) in [6.45, 7) is 5.89. The highest BCUT2D eigenvalue weighted by atomic mass is 127. The Morgan fingerprint density at radius 1 is 1.19 bits per heavy atom. The van der Waals surface area contributed by atoms with E-state index in [1.165, 1.54) is 5.56 Å². The molecule has 1 aromatic carbocycles. The molecule has 1 heterocycles. The first kappa shape index (κ1) is 22.0. The first-order chi connectivity index (χ1) is 12.2. The number of hydrogen-bond donors (Lipinski definition) is 2. The number of nitrogens with one attached hydrogen (secondary N) is 2. The molecule has 0 fully saturated rings. The maximum atomic E-state index is 5.90. The molecule has 2 N–H and O–H groups in total. The number of halogens is 1. The summed E-state index contributed by atoms with van der Waals surface area (Å²) >= 11 is 0. The van der Waals surface area contributed by atoms with Crippen molar-refractivity contribution in [3.05, 3.63) is 54.4 Å². The van der Waals surface area contributed by atoms with Crippen molar-refractivity contribution in [2.24, 2.45) is 4.99 Å². The van der Waals surface area contributed by atoms with Crippen LogP contribution >= 0.6 is 24.0 Å². The average Bonchev–Trinajstić information content (AvgIpc) is 2.62. The molecule has 2 aromatic rings. The lowest BCUT2D eigenvalue weighted by atomic mass is 10.2. The van der Waals surface area contributed by atoms with Crippen LogP contribution in [0.1, 0.15) is 12.5 Å². The van der Waals surface area contributed by atoms with Gasteiger partial charge in [0, 0.05) is 13.2 Å². The summed E-state index contributed by atoms with van der Waals surface area (Å²) in [7, 11) is 1.74. The number of pyridine rings is 1. The van der Waals surface area contributed by atoms with Gasteiger partial charge in [0.1, 0.15) is 24.2 Å². The van der Waals surface area contributed by atoms with E-state index >= 15 is 0 Å². The van der Waals surface area contributed by atoms with Crippen LogP contribution in [0.3, 0.4) is 0 Å². The van der Waals surface area contributed by atoms with Gasteiger partial charge in [0.25, 0.3) is 0 Å². The number of rotatable bonds is 8. The number of guanidine groups is 1. The molecule has 0 saturated heterocycles. The Morgan fingerprint density at radius 3 is 2.69 bits per heavy atom. The Balaban J connectivity index is 0.00000338. The summed E-state index contributed by atoms with van der Waals surface area (Å²) in [5.41, 5.74) is 1.18. The SMILES string of the molecule is CN=C(NCCOc1cccnc1)NCC(C)Oc1cccc(C)c1.I. The molecule has 2 rings (SSSR count). The second-order valence-electron chi connectivity index (χ2n) is 5.66. The van der Waals surface area contributed by atoms with Gasteiger partial charge in [-0.25, -0.2) is 0 Å². The predicted molar refractivity (Wildman–Crippen MR) is 116 cm³/mol. The molecule has 1 unspecified atom stereocenters. The third kappa shape index (κ3) is 8.37. The van der Waals surface area contributed by atoms with Gasteiger partial charge in [0.15, 0.2) is 5.96 Å². The zero-order valence-electron chi connectivity index (χ0n) is 15.4. The van der Waals surface area contributed by atoms with Gasteiger partial charge in [0.05, 0.1) is 19.3 Å². The van der Waals surface area contributed by atoms with Crippen LogP contribution in [-0.2, 0) is 0 Å². The van der Waals surface area contributed by atoms with E-state index in [2.05, 4.69) is 33.6 Å². The van der Waals surface area contributed by atoms with E-state index in [1.54, 1.807) is 19.4 Å². The number of aryl methyl sites for hydroxylation is 1. The third-order valence-electron chi connectivity index (χ3n) is 3.41. The first-order valence-electron chi connectivity index (χ1n) is 8.38. The van der Waals surface area contributed by atoms with Crippen molar-refractivity contribution in [1.29, 1.82) is 0 Å². The number of nitrogens with zero attached hydrogens (tertiary/aromatic N) is 2. The fourth-order valence-electron chi connectivity index (χ4n) is 2.19. The lowest BCUT2D eigenvalue weighted by Gasteiger charge is -2.18. The molecule has 0 radical (unpaired) electrons. The smallest absolute Gasteiger partial charge is 0.191 e. The number of aliphatic imine (C=N–C) groups is 1. The molecule has 1 aromatic heterocycles. The van der Waals surface area contributed by atoms with Crippen LogP contribution in [-0.4, -0.2) is 43.8 Å². The number of hydrogen-bond acceptors (Lipinski definition) is 4. The fraction of sp³-hybridized carbons (Fsp3) is 0.368. The second kappa shape index (κ2) is 12.3. The van der Waals surface area contributed by atoms with Gasteiger partial charge in [-0.3, -0.25) is 9.98 Å². The topological polar surface area (TPSA) is 67.8 Å². The van der Waals surface area contributed by atoms with E-state index in [-0.39, 0.29) is 30.1 Å². The maximum Gasteiger partial charge on any atom is 0.191 e. The Labute approximate surface area is 172 Å². The van der Waals surface area contributed by atoms with E-state index < -0.39 is 0 Å². The molecule has 26 heavy (non-hydrogen) atoms. The molecule has 0 saturated carbocycles. The molecule has 1 atom stereocenters. The van der Waals surface area contributed by atoms with Crippen LogP contribution < -0.4 is 20.1 Å². The van der Waals surface area contributed by atoms with Crippen molar-refractivity contribution in [2.75, 3.05) is 26.7 Å². The van der Waals surface area contributed by atoms with Crippen molar-refractivity contribution in [3.8, 4) is 11.5 Å². The molecule has 6 nitrogen and oxygen atoms in total. The Hall–Kier alpha value is -2.03. The van der Waals surface area contributed by atoms with Crippen LogP contribution in [0.15, 0.2) is 53.8 Å². The summed E-state index contributed by atoms with van der Waals surface area (Å²) in [5, 5.41) is 6.45. The Kier molecular flexibility index (Phi) is 10.5. The zero-order valence-corrected chi connectivity index (χ0v) is 17.8. The van der Waals surface area contributed by atoms with E-state index in [0.29, 0.717) is 19.7 Å². The molecule has 0 aliphatic rings. The Morgan fingerprint density at radius 2 is 2.00 bits per heavy atom. The molecule has 0 aliphatic carbocycles. The minimum Gasteiger partial charge on any atom is -0.490 e. The molecule has 0 aliphatic heterocycles. The van der Waals surface area contributed by atoms with E-state index in [0.717, 1.165) is 17.5 Å². The van der Waals surface area contributed by atoms with Crippen LogP contribution in [0.2, 0.25) is 0 Å². The lowest BCUT2D eigenvalue weighted by molar-refractivity contribution is 0.223. The molecular weight excluding hydrogens is 443 g/mol. The molecule has 7 heteroatoms. The summed E-state index contributed by atoms with van der Waals surface area (Å²) in [6, 6.07) is 11.8. The highest BCUT2D eigenvalue weighted by Gasteiger charge is 2.06. The fourth-order valence-corrected chi connectivity index (χ4v) is 2.19. The summed E-state index contributed by atoms with van der Waals surface area (Å²) in [4.78, 5) is 8.20. The van der Waals surface area contributed by atoms with E-state index in [4.69, 9.17) is 9.47 Å². The van der Waals surface area contributed by atoms with Crippen LogP contribution in [0.25, 0.3) is 0 Å². The van der Waals surface area contributed by atoms with E-state index in [1.807, 2.05) is 37.3 Å². The van der Waals surface area contributed by atoms with Crippen LogP contribution in [0, 0.1) is 6.92 Å². The highest BCUT2D eigenvalue weighted by molar-refractivity contribution is 14.0. The lowest BCUT2D eigenvalue weighted by Crippen LogP contribution is -2.43. The largest absolute Gasteiger partial charge is 0.490 e. The molecular formula is C19H27IN4O2. The summed E-state index contributed by atoms with van der Waals surface area (Å²) < 4.78 is 11.5. The molecule has 0 amide bonds. The predicted octanol–water partition coefficient (Wildman–Crippen LogP) is 3.02. The van der Waals surface area contributed by atoms with Gasteiger partial charge in [0.2, 0.25) is 0 Å². The first-order valence-corrected chi connectivity index (χ1v) is 8.38. The molecule has 0 bridgehead atoms. The van der Waals surface area contributed by atoms with Gasteiger partial charge in [-0.15, -0.1) is 24.0 Å². The van der Waals surface area contributed by atoms with Crippen molar-refractivity contribution < 1.29 is 9.47 Å². The van der Waals surface area contributed by atoms with Gasteiger partial charge in [-0.1, -0.05) is 12.1 Å². The van der Waals surface area contributed by atoms with Crippen molar-refractivity contribution in [2.45, 2.75) is 20.0 Å². The van der Waals surface area contributed by atoms with E-state index in [9.17, 15) is 0 Å². The maximum absolute atomic E-state index is 5.90. The monoisotopic (exact) mass is 470 g/mol. The van der Waals surface area contributed by atoms with Gasteiger partial charge in [-0.05, 0) is 43.7 Å². The number of ether oxygens (including phenoxy) is 2. The van der Waals surface area contributed by atoms with Crippen LogP contribution in [0.5, 0.6) is 11.5 Å². The standard InChI is InChI=1S/C19H26N4O2.HI/c1-15-6-4-7-17(12-15)25-16(2)13-23-19(20-3)22-10-11-24-18-8-5-9-21-14-18;/h4-9,12,14,16H,10-11,13H2,1-3H3,(H2,20,22,23);1H. The summed E-state index contributed by atoms with van der Waals surface area (Å²) in [6.07, 6.45) is 3.43. The minimum atomic E-state index is 0. The van der Waals surface area contributed by atoms with Gasteiger partial charge in [-0.2, -0.15) is 0 Å². The van der Waals surface area contributed by atoms with Crippen LogP contribution in [0.4, 0.5) is 0 Å². The highest BCUT2D eigenvalue weighted by Crippen LogP contribution is 2.13. The molecule has 142 valence electrons. The quantitative estimate of drug-likeness (QED) is 0.269. The zero-order chi connectivity index (χ0) is 17.9. The average molecular weight is 470 g/mol. The van der Waals surface area contributed by atoms with Crippen molar-refractivity contribution in [1.82, 2.24) is 15.6 Å². The number of aromatic nitrogens is 1. The van der Waals surface area contributed by atoms with Gasteiger partial charge < -0.3 is 20.1 Å². The Bertz CT molecular complexity index is 668. The van der Waals surface area contributed by atoms with Gasteiger partial charge >= 0.3 is 0 Å².